The number of nitrogens with two attached hydrogens (primary N) is 1. The van der Waals surface area contributed by atoms with E-state index in [-0.39, 0.29) is 0 Å². The van der Waals surface area contributed by atoms with Gasteiger partial charge in [0.15, 0.2) is 5.71 Å². The van der Waals surface area contributed by atoms with Gasteiger partial charge in [0.2, 0.25) is 0 Å². The van der Waals surface area contributed by atoms with Crippen LogP contribution >= 0.6 is 0 Å². The average molecular weight is 554 g/mol. The van der Waals surface area contributed by atoms with E-state index < -0.39 is 0 Å². The zero-order chi connectivity index (χ0) is 28.9. The predicted octanol–water partition coefficient (Wildman–Crippen LogP) is 8.30. The molecule has 0 bridgehead atoms. The lowest BCUT2D eigenvalue weighted by molar-refractivity contribution is 1.18. The van der Waals surface area contributed by atoms with Gasteiger partial charge in [-0.05, 0) is 59.7 Å². The van der Waals surface area contributed by atoms with Crippen LogP contribution in [-0.2, 0) is 0 Å². The van der Waals surface area contributed by atoms with Gasteiger partial charge in [-0.3, -0.25) is 5.73 Å². The van der Waals surface area contributed by atoms with Gasteiger partial charge in [-0.15, -0.1) is 0 Å². The number of aromatic nitrogens is 2. The van der Waals surface area contributed by atoms with E-state index >= 15 is 0 Å². The topological polar surface area (TPSA) is 50.0 Å². The molecule has 2 heterocycles. The molecule has 0 fully saturated rings. The van der Waals surface area contributed by atoms with Gasteiger partial charge in [0.05, 0.1) is 11.0 Å². The van der Waals surface area contributed by atoms with E-state index in [1.807, 2.05) is 13.0 Å². The largest absolute Gasteiger partial charge is 0.448 e. The van der Waals surface area contributed by atoms with Crippen molar-refractivity contribution in [2.24, 2.45) is 5.73 Å². The van der Waals surface area contributed by atoms with E-state index in [4.69, 9.17) is 10.4 Å². The van der Waals surface area contributed by atoms with Gasteiger partial charge in [-0.25, -0.2) is 4.67 Å². The SMILES string of the molecule is CC(=[N+]=C(N)n1c2ccccc2c2c3c4ccccc4n(-c4ccccc4)c3ccc21)c1ccc(-c2ccccc2)cc1. The second-order valence-corrected chi connectivity index (χ2v) is 10.9. The third-order valence-corrected chi connectivity index (χ3v) is 8.41. The molecule has 8 rings (SSSR count). The van der Waals surface area contributed by atoms with E-state index in [2.05, 4.69) is 149 Å². The molecule has 204 valence electrons. The van der Waals surface area contributed by atoms with Crippen LogP contribution in [0.25, 0.3) is 60.4 Å². The lowest BCUT2D eigenvalue weighted by Crippen LogP contribution is -2.26. The third-order valence-electron chi connectivity index (χ3n) is 8.41. The Bertz CT molecular complexity index is 2370. The summed E-state index contributed by atoms with van der Waals surface area (Å²) < 4.78 is 9.41. The van der Waals surface area contributed by atoms with Crippen LogP contribution in [0, 0.1) is 0 Å². The molecule has 8 aromatic rings. The van der Waals surface area contributed by atoms with Gasteiger partial charge in [0.25, 0.3) is 0 Å². The molecule has 6 aromatic carbocycles. The Labute approximate surface area is 249 Å². The first kappa shape index (κ1) is 24.9. The minimum absolute atomic E-state index is 0.446. The van der Waals surface area contributed by atoms with Crippen molar-refractivity contribution in [1.29, 1.82) is 0 Å². The van der Waals surface area contributed by atoms with Crippen LogP contribution in [0.1, 0.15) is 12.5 Å². The molecule has 0 unspecified atom stereocenters. The highest BCUT2D eigenvalue weighted by Crippen LogP contribution is 2.40. The van der Waals surface area contributed by atoms with Gasteiger partial charge in [0, 0.05) is 39.7 Å². The summed E-state index contributed by atoms with van der Waals surface area (Å²) in [5.41, 5.74) is 16.7. The van der Waals surface area contributed by atoms with Crippen molar-refractivity contribution in [3.05, 3.63) is 151 Å². The molecule has 2 N–H and O–H groups in total. The summed E-state index contributed by atoms with van der Waals surface area (Å²) in [7, 11) is 0. The highest BCUT2D eigenvalue weighted by Gasteiger charge is 2.24. The maximum absolute atomic E-state index is 6.87. The lowest BCUT2D eigenvalue weighted by Gasteiger charge is -2.07. The van der Waals surface area contributed by atoms with Crippen molar-refractivity contribution in [3.8, 4) is 16.8 Å². The molecule has 0 aliphatic heterocycles. The summed E-state index contributed by atoms with van der Waals surface area (Å²) in [5, 5.41) is 4.77. The highest BCUT2D eigenvalue weighted by molar-refractivity contribution is 6.30. The van der Waals surface area contributed by atoms with Crippen LogP contribution in [0.2, 0.25) is 0 Å². The summed E-state index contributed by atoms with van der Waals surface area (Å²) in [6.45, 7) is 2.02. The Morgan fingerprint density at radius 3 is 1.77 bits per heavy atom. The highest BCUT2D eigenvalue weighted by atomic mass is 15.1. The van der Waals surface area contributed by atoms with E-state index in [1.54, 1.807) is 0 Å². The number of rotatable bonds is 3. The Hall–Kier alpha value is -5.83. The lowest BCUT2D eigenvalue weighted by atomic mass is 10.0. The van der Waals surface area contributed by atoms with Gasteiger partial charge in [0.1, 0.15) is 11.0 Å². The maximum atomic E-state index is 6.87. The number of fused-ring (bicyclic) bond motifs is 7. The van der Waals surface area contributed by atoms with Gasteiger partial charge < -0.3 is 4.57 Å². The van der Waals surface area contributed by atoms with Crippen LogP contribution in [0.15, 0.2) is 146 Å². The smallest absolute Gasteiger partial charge is 0.309 e. The Morgan fingerprint density at radius 2 is 1.05 bits per heavy atom. The number of hydrogen-bond acceptors (Lipinski definition) is 0. The van der Waals surface area contributed by atoms with Crippen LogP contribution in [0.3, 0.4) is 0 Å². The summed E-state index contributed by atoms with van der Waals surface area (Å²) in [5.74, 6) is 0.446. The molecule has 4 nitrogen and oxygen atoms in total. The fourth-order valence-electron chi connectivity index (χ4n) is 6.44. The van der Waals surface area contributed by atoms with Crippen molar-refractivity contribution in [3.63, 3.8) is 0 Å². The summed E-state index contributed by atoms with van der Waals surface area (Å²) in [6, 6.07) is 51.0. The van der Waals surface area contributed by atoms with E-state index in [9.17, 15) is 0 Å². The first-order valence-corrected chi connectivity index (χ1v) is 14.5. The van der Waals surface area contributed by atoms with Gasteiger partial charge >= 0.3 is 5.96 Å². The average Bonchev–Trinajstić information content (AvgIpc) is 3.58. The summed E-state index contributed by atoms with van der Waals surface area (Å²) in [4.78, 5) is 0. The first-order valence-electron chi connectivity index (χ1n) is 14.5. The monoisotopic (exact) mass is 553 g/mol. The third kappa shape index (κ3) is 3.97. The van der Waals surface area contributed by atoms with Gasteiger partial charge in [-0.1, -0.05) is 97.1 Å². The molecule has 0 radical (unpaired) electrons. The molecule has 0 saturated carbocycles. The molecular weight excluding hydrogens is 524 g/mol. The standard InChI is InChI=1S/C39H28N4/c1-26(27-20-22-29(23-21-27)28-12-4-2-5-13-28)41-39(40)43-34-19-11-9-17-32(34)38-36(43)25-24-35-37(38)31-16-8-10-18-33(31)42(35)30-14-6-3-7-15-30/h2-25,40H,1H3/p+1. The van der Waals surface area contributed by atoms with Crippen molar-refractivity contribution in [2.45, 2.75) is 6.92 Å². The Morgan fingerprint density at radius 1 is 0.512 bits per heavy atom. The second-order valence-electron chi connectivity index (χ2n) is 10.9. The Kier molecular flexibility index (Phi) is 5.75. The minimum Gasteiger partial charge on any atom is -0.309 e. The van der Waals surface area contributed by atoms with Crippen molar-refractivity contribution >= 4 is 55.3 Å². The number of para-hydroxylation sites is 3. The molecule has 2 aromatic heterocycles. The Balaban J connectivity index is 1.37. The fourth-order valence-corrected chi connectivity index (χ4v) is 6.44. The predicted molar refractivity (Wildman–Crippen MR) is 182 cm³/mol. The zero-order valence-electron chi connectivity index (χ0n) is 23.8. The van der Waals surface area contributed by atoms with E-state index in [1.165, 1.54) is 38.3 Å². The first-order chi connectivity index (χ1) is 21.2. The second kappa shape index (κ2) is 9.92. The summed E-state index contributed by atoms with van der Waals surface area (Å²) in [6.07, 6.45) is 0. The molecule has 0 spiro atoms. The van der Waals surface area contributed by atoms with E-state index in [0.717, 1.165) is 33.4 Å². The normalized spacial score (nSPS) is 11.4. The minimum atomic E-state index is 0.446. The molecule has 0 aliphatic rings. The number of nitrogens with zero attached hydrogens (tertiary/aromatic N) is 3. The van der Waals surface area contributed by atoms with Gasteiger partial charge in [-0.2, -0.15) is 4.57 Å². The zero-order valence-corrected chi connectivity index (χ0v) is 23.8. The van der Waals surface area contributed by atoms with E-state index in [0.29, 0.717) is 5.96 Å². The number of benzene rings is 6. The molecular formula is C39H29N4+. The fraction of sp³-hybridized carbons (Fsp3) is 0.0256. The van der Waals surface area contributed by atoms with Crippen molar-refractivity contribution in [2.75, 3.05) is 0 Å². The molecule has 43 heavy (non-hydrogen) atoms. The molecule has 0 atom stereocenters. The maximum Gasteiger partial charge on any atom is 0.448 e. The quantitative estimate of drug-likeness (QED) is 0.134. The van der Waals surface area contributed by atoms with Crippen molar-refractivity contribution < 1.29 is 0 Å². The molecule has 0 saturated heterocycles. The molecule has 4 heteroatoms. The molecule has 0 amide bonds. The number of hydrogen-bond donors (Lipinski definition) is 1. The van der Waals surface area contributed by atoms with Crippen LogP contribution in [0.4, 0.5) is 0 Å². The molecule has 0 aliphatic carbocycles. The van der Waals surface area contributed by atoms with Crippen molar-refractivity contribution in [1.82, 2.24) is 13.8 Å². The summed E-state index contributed by atoms with van der Waals surface area (Å²) >= 11 is 0. The van der Waals surface area contributed by atoms with Crippen LogP contribution < -0.4 is 10.4 Å². The van der Waals surface area contributed by atoms with Crippen LogP contribution in [0.5, 0.6) is 0 Å². The van der Waals surface area contributed by atoms with Crippen LogP contribution in [-0.4, -0.2) is 20.8 Å².